The van der Waals surface area contributed by atoms with Gasteiger partial charge in [-0.2, -0.15) is 5.10 Å². The Kier molecular flexibility index (Phi) is 3.06. The fourth-order valence-electron chi connectivity index (χ4n) is 1.72. The summed E-state index contributed by atoms with van der Waals surface area (Å²) in [7, 11) is 0. The highest BCUT2D eigenvalue weighted by atomic mass is 15.3. The Hall–Kier alpha value is -1.61. The van der Waals surface area contributed by atoms with Gasteiger partial charge in [-0.25, -0.2) is 0 Å². The summed E-state index contributed by atoms with van der Waals surface area (Å²) >= 11 is 0. The number of hydrogen-bond acceptors (Lipinski definition) is 2. The molecule has 1 heterocycles. The minimum Gasteiger partial charge on any atom is -0.326 e. The quantitative estimate of drug-likeness (QED) is 0.851. The van der Waals surface area contributed by atoms with Gasteiger partial charge in [-0.1, -0.05) is 29.8 Å². The standard InChI is InChI=1S/C13H17N3/c1-10-3-5-12(6-4-10)8-16-9-13(7-14)11(2)15-16/h3-6,9H,7-8,14H2,1-2H3. The molecule has 1 aromatic carbocycles. The van der Waals surface area contributed by atoms with Crippen molar-refractivity contribution < 1.29 is 0 Å². The normalized spacial score (nSPS) is 10.7. The lowest BCUT2D eigenvalue weighted by Crippen LogP contribution is -2.00. The molecule has 3 heteroatoms. The molecular weight excluding hydrogens is 198 g/mol. The lowest BCUT2D eigenvalue weighted by atomic mass is 10.1. The molecule has 0 unspecified atom stereocenters. The van der Waals surface area contributed by atoms with Crippen LogP contribution in [0, 0.1) is 13.8 Å². The maximum atomic E-state index is 5.62. The second-order valence-corrected chi connectivity index (χ2v) is 4.13. The van der Waals surface area contributed by atoms with Crippen LogP contribution in [-0.4, -0.2) is 9.78 Å². The van der Waals surface area contributed by atoms with Crippen LogP contribution in [0.1, 0.15) is 22.4 Å². The molecule has 0 aliphatic carbocycles. The Morgan fingerprint density at radius 1 is 1.19 bits per heavy atom. The van der Waals surface area contributed by atoms with Gasteiger partial charge in [-0.15, -0.1) is 0 Å². The monoisotopic (exact) mass is 215 g/mol. The van der Waals surface area contributed by atoms with E-state index in [1.54, 1.807) is 0 Å². The van der Waals surface area contributed by atoms with Crippen molar-refractivity contribution in [1.82, 2.24) is 9.78 Å². The minimum atomic E-state index is 0.555. The molecular formula is C13H17N3. The number of nitrogens with zero attached hydrogens (tertiary/aromatic N) is 2. The van der Waals surface area contributed by atoms with Crippen LogP contribution in [0.4, 0.5) is 0 Å². The molecule has 0 atom stereocenters. The van der Waals surface area contributed by atoms with Gasteiger partial charge in [0.05, 0.1) is 12.2 Å². The second kappa shape index (κ2) is 4.49. The van der Waals surface area contributed by atoms with Crippen LogP contribution in [-0.2, 0) is 13.1 Å². The average Bonchev–Trinajstić information content (AvgIpc) is 2.62. The number of nitrogens with two attached hydrogens (primary N) is 1. The first-order valence-electron chi connectivity index (χ1n) is 5.47. The summed E-state index contributed by atoms with van der Waals surface area (Å²) in [5, 5.41) is 4.44. The zero-order chi connectivity index (χ0) is 11.5. The van der Waals surface area contributed by atoms with Crippen molar-refractivity contribution in [2.45, 2.75) is 26.9 Å². The van der Waals surface area contributed by atoms with E-state index in [-0.39, 0.29) is 0 Å². The van der Waals surface area contributed by atoms with Crippen LogP contribution in [0.15, 0.2) is 30.5 Å². The highest BCUT2D eigenvalue weighted by molar-refractivity contribution is 5.22. The Bertz CT molecular complexity index is 468. The molecule has 2 N–H and O–H groups in total. The molecule has 0 aliphatic heterocycles. The van der Waals surface area contributed by atoms with Crippen molar-refractivity contribution in [3.8, 4) is 0 Å². The third-order valence-electron chi connectivity index (χ3n) is 2.73. The summed E-state index contributed by atoms with van der Waals surface area (Å²) in [4.78, 5) is 0. The summed E-state index contributed by atoms with van der Waals surface area (Å²) in [6, 6.07) is 8.51. The first-order chi connectivity index (χ1) is 7.69. The van der Waals surface area contributed by atoms with E-state index < -0.39 is 0 Å². The molecule has 0 saturated heterocycles. The fourth-order valence-corrected chi connectivity index (χ4v) is 1.72. The molecule has 0 amide bonds. The molecule has 1 aromatic heterocycles. The van der Waals surface area contributed by atoms with Crippen LogP contribution in [0.25, 0.3) is 0 Å². The van der Waals surface area contributed by atoms with Gasteiger partial charge in [0, 0.05) is 18.3 Å². The first kappa shape index (κ1) is 10.9. The topological polar surface area (TPSA) is 43.8 Å². The predicted molar refractivity (Wildman–Crippen MR) is 65.1 cm³/mol. The second-order valence-electron chi connectivity index (χ2n) is 4.13. The van der Waals surface area contributed by atoms with E-state index in [0.29, 0.717) is 6.54 Å². The summed E-state index contributed by atoms with van der Waals surface area (Å²) in [6.45, 7) is 5.45. The van der Waals surface area contributed by atoms with Crippen molar-refractivity contribution in [3.05, 3.63) is 52.8 Å². The molecule has 2 aromatic rings. The minimum absolute atomic E-state index is 0.555. The number of benzene rings is 1. The van der Waals surface area contributed by atoms with Gasteiger partial charge >= 0.3 is 0 Å². The summed E-state index contributed by atoms with van der Waals surface area (Å²) in [5.74, 6) is 0. The van der Waals surface area contributed by atoms with Gasteiger partial charge in [-0.3, -0.25) is 4.68 Å². The van der Waals surface area contributed by atoms with E-state index in [4.69, 9.17) is 5.73 Å². The number of hydrogen-bond donors (Lipinski definition) is 1. The van der Waals surface area contributed by atoms with Crippen LogP contribution >= 0.6 is 0 Å². The molecule has 0 bridgehead atoms. The Labute approximate surface area is 95.9 Å². The molecule has 16 heavy (non-hydrogen) atoms. The molecule has 2 rings (SSSR count). The zero-order valence-corrected chi connectivity index (χ0v) is 9.77. The molecule has 0 radical (unpaired) electrons. The van der Waals surface area contributed by atoms with Crippen LogP contribution < -0.4 is 5.73 Å². The van der Waals surface area contributed by atoms with Gasteiger partial charge < -0.3 is 5.73 Å². The Balaban J connectivity index is 2.17. The van der Waals surface area contributed by atoms with E-state index in [2.05, 4.69) is 36.3 Å². The van der Waals surface area contributed by atoms with Crippen molar-refractivity contribution in [3.63, 3.8) is 0 Å². The molecule has 0 spiro atoms. The van der Waals surface area contributed by atoms with Crippen molar-refractivity contribution in [1.29, 1.82) is 0 Å². The molecule has 84 valence electrons. The van der Waals surface area contributed by atoms with Crippen LogP contribution in [0.2, 0.25) is 0 Å². The Morgan fingerprint density at radius 3 is 2.44 bits per heavy atom. The van der Waals surface area contributed by atoms with Gasteiger partial charge in [0.2, 0.25) is 0 Å². The maximum Gasteiger partial charge on any atom is 0.0659 e. The number of rotatable bonds is 3. The van der Waals surface area contributed by atoms with E-state index in [9.17, 15) is 0 Å². The van der Waals surface area contributed by atoms with Crippen molar-refractivity contribution in [2.24, 2.45) is 5.73 Å². The highest BCUT2D eigenvalue weighted by Gasteiger charge is 2.03. The van der Waals surface area contributed by atoms with E-state index in [1.807, 2.05) is 17.8 Å². The lowest BCUT2D eigenvalue weighted by Gasteiger charge is -2.02. The van der Waals surface area contributed by atoms with Gasteiger partial charge in [0.25, 0.3) is 0 Å². The fraction of sp³-hybridized carbons (Fsp3) is 0.308. The zero-order valence-electron chi connectivity index (χ0n) is 9.77. The predicted octanol–water partition coefficient (Wildman–Crippen LogP) is 2.01. The third kappa shape index (κ3) is 2.31. The van der Waals surface area contributed by atoms with Gasteiger partial charge in [0.15, 0.2) is 0 Å². The molecule has 3 nitrogen and oxygen atoms in total. The number of aryl methyl sites for hydroxylation is 2. The van der Waals surface area contributed by atoms with E-state index in [0.717, 1.165) is 17.8 Å². The summed E-state index contributed by atoms with van der Waals surface area (Å²) in [6.07, 6.45) is 2.02. The molecule has 0 saturated carbocycles. The third-order valence-corrected chi connectivity index (χ3v) is 2.73. The first-order valence-corrected chi connectivity index (χ1v) is 5.47. The van der Waals surface area contributed by atoms with E-state index >= 15 is 0 Å². The van der Waals surface area contributed by atoms with Gasteiger partial charge in [0.1, 0.15) is 0 Å². The smallest absolute Gasteiger partial charge is 0.0659 e. The largest absolute Gasteiger partial charge is 0.326 e. The summed E-state index contributed by atoms with van der Waals surface area (Å²) in [5.41, 5.74) is 10.3. The lowest BCUT2D eigenvalue weighted by molar-refractivity contribution is 0.679. The Morgan fingerprint density at radius 2 is 1.88 bits per heavy atom. The highest BCUT2D eigenvalue weighted by Crippen LogP contribution is 2.08. The molecule has 0 aliphatic rings. The van der Waals surface area contributed by atoms with Crippen LogP contribution in [0.5, 0.6) is 0 Å². The van der Waals surface area contributed by atoms with Crippen molar-refractivity contribution >= 4 is 0 Å². The average molecular weight is 215 g/mol. The van der Waals surface area contributed by atoms with Crippen LogP contribution in [0.3, 0.4) is 0 Å². The van der Waals surface area contributed by atoms with E-state index in [1.165, 1.54) is 11.1 Å². The molecule has 0 fully saturated rings. The van der Waals surface area contributed by atoms with Gasteiger partial charge in [-0.05, 0) is 19.4 Å². The number of aromatic nitrogens is 2. The maximum absolute atomic E-state index is 5.62. The summed E-state index contributed by atoms with van der Waals surface area (Å²) < 4.78 is 1.95. The SMILES string of the molecule is Cc1ccc(Cn2cc(CN)c(C)n2)cc1. The van der Waals surface area contributed by atoms with Crippen molar-refractivity contribution in [2.75, 3.05) is 0 Å².